The normalized spacial score (nSPS) is 12.1. The molecule has 5 nitrogen and oxygen atoms in total. The Morgan fingerprint density at radius 1 is 1.29 bits per heavy atom. The second-order valence-corrected chi connectivity index (χ2v) is 4.49. The van der Waals surface area contributed by atoms with Crippen LogP contribution in [0.25, 0.3) is 0 Å². The number of esters is 1. The zero-order chi connectivity index (χ0) is 13.6. The number of ether oxygens (including phenoxy) is 1. The number of nitriles is 1. The van der Waals surface area contributed by atoms with Gasteiger partial charge in [-0.3, -0.25) is 9.59 Å². The van der Waals surface area contributed by atoms with Crippen LogP contribution in [0.5, 0.6) is 0 Å². The summed E-state index contributed by atoms with van der Waals surface area (Å²) in [6.45, 7) is 7.11. The van der Waals surface area contributed by atoms with E-state index in [1.807, 2.05) is 19.9 Å². The molecule has 0 fully saturated rings. The molecule has 0 spiro atoms. The smallest absolute Gasteiger partial charge is 0.325 e. The van der Waals surface area contributed by atoms with Gasteiger partial charge < -0.3 is 9.64 Å². The SMILES string of the molecule is COC(=O)CN(C(=O)C(C#N)C(C)C)C(C)C. The van der Waals surface area contributed by atoms with Crippen molar-refractivity contribution in [3.8, 4) is 6.07 Å². The van der Waals surface area contributed by atoms with Gasteiger partial charge in [0.2, 0.25) is 5.91 Å². The Morgan fingerprint density at radius 2 is 1.82 bits per heavy atom. The third-order valence-electron chi connectivity index (χ3n) is 2.51. The van der Waals surface area contributed by atoms with Crippen LogP contribution in [-0.4, -0.2) is 36.5 Å². The highest BCUT2D eigenvalue weighted by molar-refractivity contribution is 5.85. The first-order chi connectivity index (χ1) is 7.84. The predicted molar refractivity (Wildman–Crippen MR) is 62.8 cm³/mol. The van der Waals surface area contributed by atoms with Gasteiger partial charge >= 0.3 is 5.97 Å². The fraction of sp³-hybridized carbons (Fsp3) is 0.750. The lowest BCUT2D eigenvalue weighted by atomic mass is 9.95. The van der Waals surface area contributed by atoms with E-state index in [2.05, 4.69) is 4.74 Å². The molecule has 5 heteroatoms. The summed E-state index contributed by atoms with van der Waals surface area (Å²) in [5.41, 5.74) is 0. The van der Waals surface area contributed by atoms with Crippen molar-refractivity contribution in [2.45, 2.75) is 33.7 Å². The summed E-state index contributed by atoms with van der Waals surface area (Å²) in [7, 11) is 1.27. The molecule has 0 aromatic heterocycles. The molecule has 0 saturated heterocycles. The quantitative estimate of drug-likeness (QED) is 0.677. The Bertz CT molecular complexity index is 318. The van der Waals surface area contributed by atoms with E-state index in [0.717, 1.165) is 0 Å². The topological polar surface area (TPSA) is 70.4 Å². The van der Waals surface area contributed by atoms with E-state index in [-0.39, 0.29) is 24.4 Å². The molecule has 0 aliphatic heterocycles. The molecule has 1 unspecified atom stereocenters. The number of methoxy groups -OCH3 is 1. The Morgan fingerprint density at radius 3 is 2.12 bits per heavy atom. The maximum atomic E-state index is 12.1. The van der Waals surface area contributed by atoms with Crippen LogP contribution < -0.4 is 0 Å². The van der Waals surface area contributed by atoms with Crippen molar-refractivity contribution in [2.24, 2.45) is 11.8 Å². The van der Waals surface area contributed by atoms with Crippen molar-refractivity contribution >= 4 is 11.9 Å². The highest BCUT2D eigenvalue weighted by Crippen LogP contribution is 2.15. The van der Waals surface area contributed by atoms with Crippen molar-refractivity contribution < 1.29 is 14.3 Å². The van der Waals surface area contributed by atoms with E-state index < -0.39 is 11.9 Å². The van der Waals surface area contributed by atoms with Crippen molar-refractivity contribution in [3.05, 3.63) is 0 Å². The Labute approximate surface area is 102 Å². The zero-order valence-electron chi connectivity index (χ0n) is 11.1. The molecular formula is C12H20N2O3. The van der Waals surface area contributed by atoms with Gasteiger partial charge in [0.1, 0.15) is 12.5 Å². The maximum absolute atomic E-state index is 12.1. The van der Waals surface area contributed by atoms with E-state index in [4.69, 9.17) is 5.26 Å². The minimum Gasteiger partial charge on any atom is -0.468 e. The number of amides is 1. The minimum absolute atomic E-state index is 0.0774. The summed E-state index contributed by atoms with van der Waals surface area (Å²) in [6, 6.07) is 1.84. The molecule has 0 bridgehead atoms. The summed E-state index contributed by atoms with van der Waals surface area (Å²) in [5, 5.41) is 8.98. The van der Waals surface area contributed by atoms with Gasteiger partial charge in [0, 0.05) is 6.04 Å². The standard InChI is InChI=1S/C12H20N2O3/c1-8(2)10(6-13)12(16)14(9(3)4)7-11(15)17-5/h8-10H,7H2,1-5H3. The van der Waals surface area contributed by atoms with Gasteiger partial charge in [-0.1, -0.05) is 13.8 Å². The molecule has 0 aliphatic carbocycles. The van der Waals surface area contributed by atoms with Crippen LogP contribution in [0.1, 0.15) is 27.7 Å². The average molecular weight is 240 g/mol. The first kappa shape index (κ1) is 15.4. The maximum Gasteiger partial charge on any atom is 0.325 e. The number of hydrogen-bond donors (Lipinski definition) is 0. The molecule has 0 aromatic rings. The largest absolute Gasteiger partial charge is 0.468 e. The monoisotopic (exact) mass is 240 g/mol. The molecule has 0 aromatic carbocycles. The molecule has 1 amide bonds. The molecule has 0 aliphatic rings. The summed E-state index contributed by atoms with van der Waals surface area (Å²) >= 11 is 0. The number of hydrogen-bond acceptors (Lipinski definition) is 4. The number of rotatable bonds is 5. The van der Waals surface area contributed by atoms with Crippen molar-refractivity contribution in [3.63, 3.8) is 0 Å². The van der Waals surface area contributed by atoms with Crippen molar-refractivity contribution in [1.82, 2.24) is 4.90 Å². The molecule has 0 heterocycles. The van der Waals surface area contributed by atoms with Crippen LogP contribution in [-0.2, 0) is 14.3 Å². The fourth-order valence-corrected chi connectivity index (χ4v) is 1.39. The van der Waals surface area contributed by atoms with E-state index in [1.165, 1.54) is 12.0 Å². The molecule has 96 valence electrons. The van der Waals surface area contributed by atoms with Crippen LogP contribution in [0, 0.1) is 23.2 Å². The molecule has 1 atom stereocenters. The first-order valence-corrected chi connectivity index (χ1v) is 5.62. The van der Waals surface area contributed by atoms with Crippen molar-refractivity contribution in [1.29, 1.82) is 5.26 Å². The van der Waals surface area contributed by atoms with Gasteiger partial charge in [-0.15, -0.1) is 0 Å². The van der Waals surface area contributed by atoms with E-state index in [9.17, 15) is 9.59 Å². The molecule has 0 N–H and O–H groups in total. The number of carbonyl (C=O) groups excluding carboxylic acids is 2. The highest BCUT2D eigenvalue weighted by atomic mass is 16.5. The Balaban J connectivity index is 4.89. The summed E-state index contributed by atoms with van der Waals surface area (Å²) in [5.74, 6) is -1.59. The third-order valence-corrected chi connectivity index (χ3v) is 2.51. The lowest BCUT2D eigenvalue weighted by molar-refractivity contribution is -0.149. The van der Waals surface area contributed by atoms with Gasteiger partial charge in [-0.25, -0.2) is 0 Å². The van der Waals surface area contributed by atoms with Gasteiger partial charge in [-0.05, 0) is 19.8 Å². The van der Waals surface area contributed by atoms with E-state index in [1.54, 1.807) is 13.8 Å². The summed E-state index contributed by atoms with van der Waals surface area (Å²) in [6.07, 6.45) is 0. The van der Waals surface area contributed by atoms with Crippen LogP contribution >= 0.6 is 0 Å². The summed E-state index contributed by atoms with van der Waals surface area (Å²) < 4.78 is 4.54. The Hall–Kier alpha value is -1.57. The predicted octanol–water partition coefficient (Wildman–Crippen LogP) is 1.19. The lowest BCUT2D eigenvalue weighted by Gasteiger charge is -2.28. The van der Waals surface area contributed by atoms with Gasteiger partial charge in [-0.2, -0.15) is 5.26 Å². The average Bonchev–Trinajstić information content (AvgIpc) is 2.25. The number of nitrogens with zero attached hydrogens (tertiary/aromatic N) is 2. The third kappa shape index (κ3) is 4.43. The van der Waals surface area contributed by atoms with Gasteiger partial charge in [0.15, 0.2) is 0 Å². The van der Waals surface area contributed by atoms with Crippen molar-refractivity contribution in [2.75, 3.05) is 13.7 Å². The van der Waals surface area contributed by atoms with E-state index in [0.29, 0.717) is 0 Å². The second kappa shape index (κ2) is 6.89. The first-order valence-electron chi connectivity index (χ1n) is 5.62. The summed E-state index contributed by atoms with van der Waals surface area (Å²) in [4.78, 5) is 24.7. The second-order valence-electron chi connectivity index (χ2n) is 4.49. The minimum atomic E-state index is -0.720. The van der Waals surface area contributed by atoms with Crippen LogP contribution in [0.2, 0.25) is 0 Å². The van der Waals surface area contributed by atoms with Crippen LogP contribution in [0.4, 0.5) is 0 Å². The fourth-order valence-electron chi connectivity index (χ4n) is 1.39. The molecule has 17 heavy (non-hydrogen) atoms. The van der Waals surface area contributed by atoms with Gasteiger partial charge in [0.25, 0.3) is 0 Å². The lowest BCUT2D eigenvalue weighted by Crippen LogP contribution is -2.45. The molecule has 0 rings (SSSR count). The van der Waals surface area contributed by atoms with Crippen LogP contribution in [0.15, 0.2) is 0 Å². The number of carbonyl (C=O) groups is 2. The highest BCUT2D eigenvalue weighted by Gasteiger charge is 2.29. The molecular weight excluding hydrogens is 220 g/mol. The molecule has 0 radical (unpaired) electrons. The Kier molecular flexibility index (Phi) is 6.26. The van der Waals surface area contributed by atoms with Crippen LogP contribution in [0.3, 0.4) is 0 Å². The molecule has 0 saturated carbocycles. The van der Waals surface area contributed by atoms with E-state index >= 15 is 0 Å². The van der Waals surface area contributed by atoms with Gasteiger partial charge in [0.05, 0.1) is 13.2 Å². The zero-order valence-corrected chi connectivity index (χ0v) is 11.1.